The zero-order valence-corrected chi connectivity index (χ0v) is 44.7. The molecule has 2 unspecified atom stereocenters. The smallest absolute Gasteiger partial charge is 0.419 e. The van der Waals surface area contributed by atoms with E-state index in [1.165, 1.54) is 36.7 Å². The van der Waals surface area contributed by atoms with E-state index in [9.17, 15) is 50.6 Å². The van der Waals surface area contributed by atoms with E-state index in [1.54, 1.807) is 60.9 Å². The number of pyridine rings is 4. The fourth-order valence-corrected chi connectivity index (χ4v) is 9.06. The van der Waals surface area contributed by atoms with Gasteiger partial charge in [0.25, 0.3) is 5.91 Å². The van der Waals surface area contributed by atoms with Crippen LogP contribution in [0, 0.1) is 13.8 Å². The molecule has 17 nitrogen and oxygen atoms in total. The predicted octanol–water partition coefficient (Wildman–Crippen LogP) is 10.7. The number of carboxylic acids is 1. The van der Waals surface area contributed by atoms with Crippen LogP contribution in [0.5, 0.6) is 0 Å². The number of carbonyl (C=O) groups is 4. The van der Waals surface area contributed by atoms with Gasteiger partial charge in [0.2, 0.25) is 0 Å². The highest BCUT2D eigenvalue weighted by atomic mass is 19.4. The average Bonchev–Trinajstić information content (AvgIpc) is 3.14. The van der Waals surface area contributed by atoms with Gasteiger partial charge in [-0.05, 0) is 158 Å². The number of nitrogens with zero attached hydrogens (tertiary/aromatic N) is 5. The van der Waals surface area contributed by atoms with Crippen LogP contribution in [0.1, 0.15) is 87.6 Å². The highest BCUT2D eigenvalue weighted by Crippen LogP contribution is 2.39. The van der Waals surface area contributed by atoms with Crippen molar-refractivity contribution in [1.29, 1.82) is 0 Å². The van der Waals surface area contributed by atoms with Crippen LogP contribution in [-0.2, 0) is 22.4 Å². The Balaban J connectivity index is 0.000000209. The number of rotatable bonds is 14. The Hall–Kier alpha value is -9.06. The molecule has 2 aliphatic rings. The van der Waals surface area contributed by atoms with Crippen LogP contribution < -0.4 is 16.8 Å². The number of aryl methyl sites for hydroxylation is 4. The fourth-order valence-electron chi connectivity index (χ4n) is 9.06. The van der Waals surface area contributed by atoms with Gasteiger partial charge in [0.15, 0.2) is 22.8 Å². The van der Waals surface area contributed by atoms with Gasteiger partial charge in [0.05, 0.1) is 29.1 Å². The second-order valence-electron chi connectivity index (χ2n) is 20.1. The number of aromatic carboxylic acids is 1. The zero-order chi connectivity index (χ0) is 59.9. The Morgan fingerprint density at radius 2 is 1.12 bits per heavy atom. The van der Waals surface area contributed by atoms with Gasteiger partial charge >= 0.3 is 18.3 Å². The number of hydrogen-bond donors (Lipinski definition) is 6. The minimum absolute atomic E-state index is 0. The number of alkyl halides is 6. The van der Waals surface area contributed by atoms with Gasteiger partial charge in [-0.25, -0.2) is 14.8 Å². The summed E-state index contributed by atoms with van der Waals surface area (Å²) in [5.74, 6) is 0.529. The molecule has 2 fully saturated rings. The molecule has 84 heavy (non-hydrogen) atoms. The number of halogens is 6. The molecule has 2 aliphatic heterocycles. The van der Waals surface area contributed by atoms with Gasteiger partial charge in [-0.1, -0.05) is 7.43 Å². The third-order valence-corrected chi connectivity index (χ3v) is 13.8. The standard InChI is InChI=1S/C30H27F3N4O4.C25H21N3O4.C5H8F3NO.CH4/c1-18-12-21(25-8-4-20(16-35-25)28(39)37-11-10-29(40,17-37)30(31,32)33)13-22-14-24(41-27(18)22)7-6-23(38)5-2-19-3-9-26(34)36-15-19;1-15-10-18(22-8-4-17(14-27-22)25(30)31)11-19-12-21(32-24(15)19)7-6-20(29)5-2-16-3-9-23(26)28-13-16;6-5(7,8)4(10)1-2-9-3-4;/h2-5,8-9,12-16,40H,6-7,10-11,17H2,1H3,(H2,34,36);2-5,8-14H,6-7H2,1H3,(H2,26,28)(H,30,31);9-10H,1-3H2;1H4/b2*5-2+;;. The van der Waals surface area contributed by atoms with Gasteiger partial charge in [0.1, 0.15) is 34.3 Å². The Morgan fingerprint density at radius 3 is 1.49 bits per heavy atom. The van der Waals surface area contributed by atoms with Crippen LogP contribution in [0.15, 0.2) is 131 Å². The van der Waals surface area contributed by atoms with Crippen molar-refractivity contribution in [2.24, 2.45) is 0 Å². The SMILES string of the molecule is C.Cc1cc(-c2ccc(C(=O)N3CCC(O)(C(F)(F)F)C3)cn2)cc2cc(CCC(=O)/C=C/c3ccc(N)nc3)oc12.Cc1cc(-c2ccc(C(=O)O)cn2)cc2cc(CCC(=O)/C=C/c3ccc(N)nc3)oc12.OC1(C(F)(F)F)CCNC1. The van der Waals surface area contributed by atoms with Crippen molar-refractivity contribution in [1.82, 2.24) is 30.2 Å². The van der Waals surface area contributed by atoms with Crippen LogP contribution in [0.2, 0.25) is 0 Å². The number of aromatic nitrogens is 4. The van der Waals surface area contributed by atoms with Crippen LogP contribution in [0.25, 0.3) is 56.6 Å². The number of allylic oxidation sites excluding steroid dienone is 2. The summed E-state index contributed by atoms with van der Waals surface area (Å²) in [7, 11) is 0. The van der Waals surface area contributed by atoms with Gasteiger partial charge < -0.3 is 45.8 Å². The Morgan fingerprint density at radius 1 is 0.643 bits per heavy atom. The third kappa shape index (κ3) is 15.3. The predicted molar refractivity (Wildman–Crippen MR) is 304 cm³/mol. The number of aliphatic hydroxyl groups is 2. The van der Waals surface area contributed by atoms with Crippen molar-refractivity contribution >= 4 is 69.2 Å². The summed E-state index contributed by atoms with van der Waals surface area (Å²) in [6.07, 6.45) is 3.69. The number of ketones is 2. The van der Waals surface area contributed by atoms with Gasteiger partial charge in [-0.3, -0.25) is 24.4 Å². The first-order valence-electron chi connectivity index (χ1n) is 25.9. The molecule has 10 rings (SSSR count). The lowest BCUT2D eigenvalue weighted by Gasteiger charge is -2.25. The van der Waals surface area contributed by atoms with Gasteiger partial charge in [-0.2, -0.15) is 26.3 Å². The first-order valence-corrected chi connectivity index (χ1v) is 25.9. The molecule has 0 saturated carbocycles. The van der Waals surface area contributed by atoms with E-state index in [0.717, 1.165) is 60.4 Å². The molecule has 2 saturated heterocycles. The molecule has 23 heteroatoms. The van der Waals surface area contributed by atoms with Crippen LogP contribution in [-0.4, -0.2) is 113 Å². The molecular weight excluding hydrogens is 1100 g/mol. The quantitative estimate of drug-likeness (QED) is 0.0436. The number of β-amino-alcohol motifs (C(OH)–C–C–N with tert-alkyl or cyclic N) is 2. The molecule has 0 spiro atoms. The maximum Gasteiger partial charge on any atom is 0.419 e. The minimum Gasteiger partial charge on any atom is -0.478 e. The molecule has 2 atom stereocenters. The van der Waals surface area contributed by atoms with E-state index in [0.29, 0.717) is 53.6 Å². The van der Waals surface area contributed by atoms with E-state index in [-0.39, 0.29) is 62.6 Å². The number of carboxylic acid groups (broad SMARTS) is 1. The average molecular weight is 1160 g/mol. The summed E-state index contributed by atoms with van der Waals surface area (Å²) in [4.78, 5) is 65.9. The number of nitrogen functional groups attached to an aromatic ring is 2. The van der Waals surface area contributed by atoms with E-state index in [1.807, 2.05) is 50.2 Å². The van der Waals surface area contributed by atoms with E-state index in [4.69, 9.17) is 30.5 Å². The molecule has 0 radical (unpaired) electrons. The molecule has 1 amide bonds. The normalized spacial score (nSPS) is 17.0. The molecule has 8 heterocycles. The molecular formula is C61H60F6N8O9. The van der Waals surface area contributed by atoms with Crippen molar-refractivity contribution < 1.29 is 69.7 Å². The number of hydrogen-bond acceptors (Lipinski definition) is 15. The number of likely N-dealkylation sites (tertiary alicyclic amines) is 1. The maximum atomic E-state index is 13.1. The van der Waals surface area contributed by atoms with E-state index >= 15 is 0 Å². The zero-order valence-electron chi connectivity index (χ0n) is 44.7. The lowest BCUT2D eigenvalue weighted by atomic mass is 10.0. The number of carbonyl (C=O) groups excluding carboxylic acids is 3. The van der Waals surface area contributed by atoms with Crippen LogP contribution in [0.3, 0.4) is 0 Å². The lowest BCUT2D eigenvalue weighted by molar-refractivity contribution is -0.253. The summed E-state index contributed by atoms with van der Waals surface area (Å²) in [5.41, 5.74) is 13.8. The van der Waals surface area contributed by atoms with Crippen molar-refractivity contribution in [3.05, 3.63) is 167 Å². The first-order chi connectivity index (χ1) is 39.3. The number of fused-ring (bicyclic) bond motifs is 2. The van der Waals surface area contributed by atoms with Crippen LogP contribution in [0.4, 0.5) is 38.0 Å². The third-order valence-electron chi connectivity index (χ3n) is 13.8. The summed E-state index contributed by atoms with van der Waals surface area (Å²) < 4.78 is 86.9. The largest absolute Gasteiger partial charge is 0.478 e. The first kappa shape index (κ1) is 62.5. The molecule has 0 bridgehead atoms. The van der Waals surface area contributed by atoms with Gasteiger partial charge in [0, 0.05) is 91.9 Å². The summed E-state index contributed by atoms with van der Waals surface area (Å²) in [6, 6.07) is 24.8. The number of furan rings is 2. The second kappa shape index (κ2) is 26.0. The van der Waals surface area contributed by atoms with Crippen LogP contribution >= 0.6 is 0 Å². The monoisotopic (exact) mass is 1160 g/mol. The second-order valence-corrected chi connectivity index (χ2v) is 20.1. The molecule has 2 aromatic carbocycles. The summed E-state index contributed by atoms with van der Waals surface area (Å²) in [5, 5.41) is 31.9. The highest BCUT2D eigenvalue weighted by molar-refractivity contribution is 5.96. The molecule has 6 aromatic heterocycles. The minimum atomic E-state index is -4.81. The number of anilines is 2. The lowest BCUT2D eigenvalue weighted by Crippen LogP contribution is -2.48. The van der Waals surface area contributed by atoms with Crippen molar-refractivity contribution in [2.45, 2.75) is 83.4 Å². The van der Waals surface area contributed by atoms with E-state index < -0.39 is 48.4 Å². The summed E-state index contributed by atoms with van der Waals surface area (Å²) in [6.45, 7) is 2.68. The van der Waals surface area contributed by atoms with Crippen molar-refractivity contribution in [3.63, 3.8) is 0 Å². The van der Waals surface area contributed by atoms with Gasteiger partial charge in [-0.15, -0.1) is 0 Å². The molecule has 8 aromatic rings. The highest BCUT2D eigenvalue weighted by Gasteiger charge is 2.58. The Labute approximate surface area is 477 Å². The van der Waals surface area contributed by atoms with Crippen molar-refractivity contribution in [2.75, 3.05) is 37.6 Å². The molecule has 0 aliphatic carbocycles. The maximum absolute atomic E-state index is 13.1. The summed E-state index contributed by atoms with van der Waals surface area (Å²) >= 11 is 0. The number of nitrogens with two attached hydrogens (primary N) is 2. The molecule has 440 valence electrons. The fraction of sp³-hybridized carbons (Fsp3) is 0.279. The number of amides is 1. The number of benzene rings is 2. The van der Waals surface area contributed by atoms with E-state index in [2.05, 4.69) is 25.3 Å². The Kier molecular flexibility index (Phi) is 19.4. The number of nitrogens with one attached hydrogen (secondary N) is 1. The topological polar surface area (TPSA) is 274 Å². The molecule has 8 N–H and O–H groups in total. The van der Waals surface area contributed by atoms with Crippen molar-refractivity contribution in [3.8, 4) is 22.5 Å². The Bertz CT molecular complexity index is 3710.